The van der Waals surface area contributed by atoms with Gasteiger partial charge in [0.25, 0.3) is 0 Å². The van der Waals surface area contributed by atoms with Crippen molar-refractivity contribution in [2.45, 2.75) is 19.3 Å². The van der Waals surface area contributed by atoms with Gasteiger partial charge in [-0.05, 0) is 12.5 Å². The lowest BCUT2D eigenvalue weighted by molar-refractivity contribution is -0.125. The van der Waals surface area contributed by atoms with Crippen LogP contribution in [0.2, 0.25) is 0 Å². The van der Waals surface area contributed by atoms with Crippen LogP contribution < -0.4 is 0 Å². The summed E-state index contributed by atoms with van der Waals surface area (Å²) in [6, 6.07) is 11.1. The van der Waals surface area contributed by atoms with Crippen LogP contribution >= 0.6 is 0 Å². The molecule has 0 amide bonds. The minimum Gasteiger partial charge on any atom is -0.397 e. The lowest BCUT2D eigenvalue weighted by Crippen LogP contribution is -2.31. The summed E-state index contributed by atoms with van der Waals surface area (Å²) < 4.78 is 21.7. The SMILES string of the molecule is CCO[SiH](Cc1ccccc1)OCC(OC)OC. The average Bonchev–Trinajstić information content (AvgIpc) is 2.41. The van der Waals surface area contributed by atoms with Crippen molar-refractivity contribution >= 4 is 9.28 Å². The zero-order valence-corrected chi connectivity index (χ0v) is 12.5. The first kappa shape index (κ1) is 15.3. The Morgan fingerprint density at radius 3 is 2.28 bits per heavy atom. The van der Waals surface area contributed by atoms with Crippen LogP contribution in [0.3, 0.4) is 0 Å². The van der Waals surface area contributed by atoms with Crippen molar-refractivity contribution in [1.82, 2.24) is 0 Å². The summed E-state index contributed by atoms with van der Waals surface area (Å²) in [6.07, 6.45) is -0.323. The number of rotatable bonds is 9. The third-order valence-electron chi connectivity index (χ3n) is 2.54. The van der Waals surface area contributed by atoms with E-state index in [1.54, 1.807) is 14.2 Å². The molecule has 0 aromatic heterocycles. The molecule has 1 rings (SSSR count). The Balaban J connectivity index is 2.44. The summed E-state index contributed by atoms with van der Waals surface area (Å²) in [5.74, 6) is 0. The first-order valence-corrected chi connectivity index (χ1v) is 7.88. The number of methoxy groups -OCH3 is 2. The van der Waals surface area contributed by atoms with E-state index in [0.29, 0.717) is 13.2 Å². The highest BCUT2D eigenvalue weighted by Crippen LogP contribution is 2.05. The maximum absolute atomic E-state index is 5.80. The lowest BCUT2D eigenvalue weighted by Gasteiger charge is -2.19. The highest BCUT2D eigenvalue weighted by molar-refractivity contribution is 6.43. The van der Waals surface area contributed by atoms with Crippen LogP contribution in [-0.2, 0) is 24.4 Å². The number of benzene rings is 1. The Labute approximate surface area is 111 Å². The predicted octanol–water partition coefficient (Wildman–Crippen LogP) is 1.66. The van der Waals surface area contributed by atoms with Gasteiger partial charge in [-0.3, -0.25) is 0 Å². The van der Waals surface area contributed by atoms with Gasteiger partial charge in [0, 0.05) is 26.9 Å². The minimum atomic E-state index is -1.70. The van der Waals surface area contributed by atoms with Crippen LogP contribution in [0.15, 0.2) is 30.3 Å². The number of ether oxygens (including phenoxy) is 2. The smallest absolute Gasteiger partial charge is 0.326 e. The maximum Gasteiger partial charge on any atom is 0.326 e. The van der Waals surface area contributed by atoms with E-state index in [4.69, 9.17) is 18.3 Å². The molecule has 1 atom stereocenters. The molecule has 0 bridgehead atoms. The average molecular weight is 270 g/mol. The summed E-state index contributed by atoms with van der Waals surface area (Å²) in [6.45, 7) is 3.07. The van der Waals surface area contributed by atoms with Gasteiger partial charge in [0.05, 0.1) is 6.61 Å². The molecule has 0 aliphatic rings. The molecule has 18 heavy (non-hydrogen) atoms. The van der Waals surface area contributed by atoms with Gasteiger partial charge in [-0.2, -0.15) is 0 Å². The molecule has 102 valence electrons. The molecule has 0 radical (unpaired) electrons. The molecule has 1 aromatic rings. The van der Waals surface area contributed by atoms with E-state index in [0.717, 1.165) is 6.04 Å². The first-order chi connectivity index (χ1) is 8.80. The van der Waals surface area contributed by atoms with Gasteiger partial charge in [0.1, 0.15) is 0 Å². The fourth-order valence-corrected chi connectivity index (χ4v) is 3.31. The van der Waals surface area contributed by atoms with Gasteiger partial charge in [0.2, 0.25) is 0 Å². The third-order valence-corrected chi connectivity index (χ3v) is 4.62. The molecule has 0 fully saturated rings. The van der Waals surface area contributed by atoms with Crippen LogP contribution in [0.25, 0.3) is 0 Å². The van der Waals surface area contributed by atoms with E-state index in [-0.39, 0.29) is 6.29 Å². The van der Waals surface area contributed by atoms with Gasteiger partial charge in [-0.1, -0.05) is 30.3 Å². The highest BCUT2D eigenvalue weighted by Gasteiger charge is 2.16. The van der Waals surface area contributed by atoms with Crippen molar-refractivity contribution in [3.05, 3.63) is 35.9 Å². The summed E-state index contributed by atoms with van der Waals surface area (Å²) in [5.41, 5.74) is 1.24. The topological polar surface area (TPSA) is 36.9 Å². The fraction of sp³-hybridized carbons (Fsp3) is 0.538. The van der Waals surface area contributed by atoms with Gasteiger partial charge in [-0.25, -0.2) is 0 Å². The van der Waals surface area contributed by atoms with Crippen LogP contribution in [-0.4, -0.2) is 43.0 Å². The second kappa shape index (κ2) is 9.24. The van der Waals surface area contributed by atoms with Gasteiger partial charge in [-0.15, -0.1) is 0 Å². The fourth-order valence-electron chi connectivity index (χ4n) is 1.58. The molecule has 0 aliphatic heterocycles. The molecule has 5 heteroatoms. The van der Waals surface area contributed by atoms with Crippen molar-refractivity contribution in [2.24, 2.45) is 0 Å². The summed E-state index contributed by atoms with van der Waals surface area (Å²) in [7, 11) is 1.50. The van der Waals surface area contributed by atoms with Crippen LogP contribution in [0.5, 0.6) is 0 Å². The van der Waals surface area contributed by atoms with E-state index in [1.165, 1.54) is 5.56 Å². The summed E-state index contributed by atoms with van der Waals surface area (Å²) in [4.78, 5) is 0. The van der Waals surface area contributed by atoms with Crippen LogP contribution in [0.4, 0.5) is 0 Å². The van der Waals surface area contributed by atoms with Crippen molar-refractivity contribution in [2.75, 3.05) is 27.4 Å². The molecule has 1 aromatic carbocycles. The summed E-state index contributed by atoms with van der Waals surface area (Å²) >= 11 is 0. The van der Waals surface area contributed by atoms with Crippen molar-refractivity contribution < 1.29 is 18.3 Å². The van der Waals surface area contributed by atoms with E-state index in [9.17, 15) is 0 Å². The molecule has 0 saturated heterocycles. The Kier molecular flexibility index (Phi) is 7.87. The first-order valence-electron chi connectivity index (χ1n) is 6.12. The zero-order chi connectivity index (χ0) is 13.2. The van der Waals surface area contributed by atoms with Crippen LogP contribution in [0.1, 0.15) is 12.5 Å². The standard InChI is InChI=1S/C13H22O4Si/c1-4-16-18(17-10-13(14-2)15-3)11-12-8-6-5-7-9-12/h5-9,13,18H,4,10-11H2,1-3H3. The Morgan fingerprint density at radius 1 is 1.06 bits per heavy atom. The van der Waals surface area contributed by atoms with E-state index in [1.807, 2.05) is 25.1 Å². The zero-order valence-electron chi connectivity index (χ0n) is 11.3. The second-order valence-corrected chi connectivity index (χ2v) is 5.74. The van der Waals surface area contributed by atoms with Gasteiger partial charge in [0.15, 0.2) is 6.29 Å². The molecule has 4 nitrogen and oxygen atoms in total. The number of hydrogen-bond acceptors (Lipinski definition) is 4. The van der Waals surface area contributed by atoms with E-state index >= 15 is 0 Å². The van der Waals surface area contributed by atoms with Gasteiger partial charge >= 0.3 is 9.28 Å². The molecule has 0 saturated carbocycles. The summed E-state index contributed by atoms with van der Waals surface area (Å²) in [5, 5.41) is 0. The molecule has 0 heterocycles. The molecular formula is C13H22O4Si. The van der Waals surface area contributed by atoms with Crippen molar-refractivity contribution in [1.29, 1.82) is 0 Å². The normalized spacial score (nSPS) is 12.9. The third kappa shape index (κ3) is 5.75. The van der Waals surface area contributed by atoms with E-state index < -0.39 is 9.28 Å². The molecule has 0 N–H and O–H groups in total. The van der Waals surface area contributed by atoms with Crippen molar-refractivity contribution in [3.63, 3.8) is 0 Å². The Bertz CT molecular complexity index is 303. The van der Waals surface area contributed by atoms with E-state index in [2.05, 4.69) is 12.1 Å². The maximum atomic E-state index is 5.80. The molecule has 0 aliphatic carbocycles. The Morgan fingerprint density at radius 2 is 1.72 bits per heavy atom. The predicted molar refractivity (Wildman–Crippen MR) is 72.7 cm³/mol. The number of hydrogen-bond donors (Lipinski definition) is 0. The second-order valence-electron chi connectivity index (χ2n) is 3.81. The lowest BCUT2D eigenvalue weighted by atomic mass is 10.2. The molecule has 0 spiro atoms. The van der Waals surface area contributed by atoms with Crippen molar-refractivity contribution in [3.8, 4) is 0 Å². The van der Waals surface area contributed by atoms with Gasteiger partial charge < -0.3 is 18.3 Å². The minimum absolute atomic E-state index is 0.323. The Hall–Kier alpha value is -0.723. The quantitative estimate of drug-likeness (QED) is 0.505. The molecular weight excluding hydrogens is 248 g/mol. The monoisotopic (exact) mass is 270 g/mol. The largest absolute Gasteiger partial charge is 0.397 e. The highest BCUT2D eigenvalue weighted by atomic mass is 28.3. The molecule has 1 unspecified atom stereocenters. The van der Waals surface area contributed by atoms with Crippen LogP contribution in [0, 0.1) is 0 Å².